The molecule has 2 aliphatic rings. The van der Waals surface area contributed by atoms with E-state index in [-0.39, 0.29) is 35.3 Å². The SMILES string of the molecule is C=CC(=O)NC1CC2CCN(S(=O)(=O)c3ccc(NC(=O)CCc4ccccc4)cc3)CC2O1. The molecule has 0 spiro atoms. The Morgan fingerprint density at radius 1 is 1.12 bits per heavy atom. The molecule has 34 heavy (non-hydrogen) atoms. The van der Waals surface area contributed by atoms with Crippen molar-refractivity contribution in [1.29, 1.82) is 0 Å². The molecule has 2 saturated heterocycles. The summed E-state index contributed by atoms with van der Waals surface area (Å²) in [5.74, 6) is -0.228. The Balaban J connectivity index is 1.32. The van der Waals surface area contributed by atoms with Crippen LogP contribution >= 0.6 is 0 Å². The Kier molecular flexibility index (Phi) is 7.45. The van der Waals surface area contributed by atoms with Crippen molar-refractivity contribution in [1.82, 2.24) is 9.62 Å². The van der Waals surface area contributed by atoms with E-state index < -0.39 is 16.3 Å². The van der Waals surface area contributed by atoms with Crippen LogP contribution in [0.25, 0.3) is 0 Å². The Labute approximate surface area is 200 Å². The van der Waals surface area contributed by atoms with Gasteiger partial charge in [-0.1, -0.05) is 36.9 Å². The molecule has 3 atom stereocenters. The molecular formula is C25H29N3O5S. The molecule has 2 amide bonds. The summed E-state index contributed by atoms with van der Waals surface area (Å²) in [4.78, 5) is 24.0. The van der Waals surface area contributed by atoms with Gasteiger partial charge in [0.1, 0.15) is 6.23 Å². The predicted molar refractivity (Wildman–Crippen MR) is 128 cm³/mol. The smallest absolute Gasteiger partial charge is 0.245 e. The summed E-state index contributed by atoms with van der Waals surface area (Å²) in [5, 5.41) is 5.55. The van der Waals surface area contributed by atoms with E-state index in [1.807, 2.05) is 30.3 Å². The molecule has 2 fully saturated rings. The number of anilines is 1. The molecule has 3 unspecified atom stereocenters. The van der Waals surface area contributed by atoms with Gasteiger partial charge in [-0.2, -0.15) is 4.31 Å². The number of aryl methyl sites for hydroxylation is 1. The molecule has 0 radical (unpaired) electrons. The summed E-state index contributed by atoms with van der Waals surface area (Å²) in [7, 11) is -3.70. The highest BCUT2D eigenvalue weighted by Crippen LogP contribution is 2.34. The zero-order valence-electron chi connectivity index (χ0n) is 18.9. The van der Waals surface area contributed by atoms with Crippen LogP contribution in [-0.4, -0.2) is 50.0 Å². The largest absolute Gasteiger partial charge is 0.354 e. The number of hydrogen-bond acceptors (Lipinski definition) is 5. The van der Waals surface area contributed by atoms with Crippen LogP contribution in [0.1, 0.15) is 24.8 Å². The van der Waals surface area contributed by atoms with Crippen LogP contribution in [0.3, 0.4) is 0 Å². The van der Waals surface area contributed by atoms with E-state index in [1.54, 1.807) is 12.1 Å². The average molecular weight is 484 g/mol. The van der Waals surface area contributed by atoms with Crippen LogP contribution in [0, 0.1) is 5.92 Å². The first-order valence-corrected chi connectivity index (χ1v) is 12.8. The van der Waals surface area contributed by atoms with Crippen molar-refractivity contribution in [3.05, 3.63) is 72.8 Å². The highest BCUT2D eigenvalue weighted by atomic mass is 32.2. The van der Waals surface area contributed by atoms with E-state index in [2.05, 4.69) is 17.2 Å². The van der Waals surface area contributed by atoms with Gasteiger partial charge >= 0.3 is 0 Å². The molecule has 2 N–H and O–H groups in total. The van der Waals surface area contributed by atoms with Crippen molar-refractivity contribution in [3.63, 3.8) is 0 Å². The fourth-order valence-corrected chi connectivity index (χ4v) is 5.88. The number of fused-ring (bicyclic) bond motifs is 1. The molecule has 4 rings (SSSR count). The summed E-state index contributed by atoms with van der Waals surface area (Å²) in [6, 6.07) is 16.0. The number of carbonyl (C=O) groups is 2. The maximum atomic E-state index is 13.2. The van der Waals surface area contributed by atoms with Gasteiger partial charge in [0.05, 0.1) is 11.0 Å². The van der Waals surface area contributed by atoms with E-state index in [0.29, 0.717) is 37.9 Å². The molecular weight excluding hydrogens is 454 g/mol. The number of sulfonamides is 1. The summed E-state index contributed by atoms with van der Waals surface area (Å²) in [6.45, 7) is 4.07. The first-order chi connectivity index (χ1) is 16.3. The number of carbonyl (C=O) groups excluding carboxylic acids is 2. The fraction of sp³-hybridized carbons (Fsp3) is 0.360. The molecule has 2 aromatic carbocycles. The van der Waals surface area contributed by atoms with E-state index in [9.17, 15) is 18.0 Å². The summed E-state index contributed by atoms with van der Waals surface area (Å²) < 4.78 is 33.7. The second kappa shape index (κ2) is 10.5. The van der Waals surface area contributed by atoms with Gasteiger partial charge in [0.25, 0.3) is 0 Å². The summed E-state index contributed by atoms with van der Waals surface area (Å²) >= 11 is 0. The van der Waals surface area contributed by atoms with Crippen LogP contribution in [0.2, 0.25) is 0 Å². The first-order valence-electron chi connectivity index (χ1n) is 11.4. The molecule has 9 heteroatoms. The standard InChI is InChI=1S/C25H29N3O5S/c1-2-23(29)27-25-16-19-14-15-28(17-22(19)33-25)34(31,32)21-11-9-20(10-12-21)26-24(30)13-8-18-6-4-3-5-7-18/h2-7,9-12,19,22,25H,1,8,13-17H2,(H,26,30)(H,27,29). The van der Waals surface area contributed by atoms with Gasteiger partial charge in [-0.15, -0.1) is 0 Å². The Hall–Kier alpha value is -3.01. The van der Waals surface area contributed by atoms with Gasteiger partial charge in [0, 0.05) is 25.2 Å². The number of benzene rings is 2. The number of nitrogens with zero attached hydrogens (tertiary/aromatic N) is 1. The molecule has 180 valence electrons. The number of ether oxygens (including phenoxy) is 1. The third-order valence-corrected chi connectivity index (χ3v) is 8.14. The molecule has 8 nitrogen and oxygen atoms in total. The van der Waals surface area contributed by atoms with Crippen molar-refractivity contribution in [2.24, 2.45) is 5.92 Å². The van der Waals surface area contributed by atoms with E-state index in [4.69, 9.17) is 4.74 Å². The van der Waals surface area contributed by atoms with Crippen molar-refractivity contribution < 1.29 is 22.7 Å². The fourth-order valence-electron chi connectivity index (χ4n) is 4.42. The van der Waals surface area contributed by atoms with Gasteiger partial charge in [0.2, 0.25) is 21.8 Å². The van der Waals surface area contributed by atoms with E-state index in [0.717, 1.165) is 5.56 Å². The zero-order valence-corrected chi connectivity index (χ0v) is 19.7. The highest BCUT2D eigenvalue weighted by Gasteiger charge is 2.42. The molecule has 2 heterocycles. The summed E-state index contributed by atoms with van der Waals surface area (Å²) in [6.07, 6.45) is 2.81. The zero-order chi connectivity index (χ0) is 24.1. The summed E-state index contributed by atoms with van der Waals surface area (Å²) in [5.41, 5.74) is 1.64. The van der Waals surface area contributed by atoms with Crippen LogP contribution in [-0.2, 0) is 30.8 Å². The van der Waals surface area contributed by atoms with E-state index >= 15 is 0 Å². The van der Waals surface area contributed by atoms with Gasteiger partial charge in [-0.3, -0.25) is 9.59 Å². The van der Waals surface area contributed by atoms with Crippen molar-refractivity contribution in [2.75, 3.05) is 18.4 Å². The van der Waals surface area contributed by atoms with Crippen LogP contribution < -0.4 is 10.6 Å². The van der Waals surface area contributed by atoms with Crippen LogP contribution in [0.4, 0.5) is 5.69 Å². The lowest BCUT2D eigenvalue weighted by Gasteiger charge is -2.33. The van der Waals surface area contributed by atoms with Crippen LogP contribution in [0.15, 0.2) is 72.1 Å². The van der Waals surface area contributed by atoms with Gasteiger partial charge in [0.15, 0.2) is 0 Å². The lowest BCUT2D eigenvalue weighted by atomic mass is 9.94. The Bertz CT molecular complexity index is 1130. The monoisotopic (exact) mass is 483 g/mol. The third-order valence-electron chi connectivity index (χ3n) is 6.26. The van der Waals surface area contributed by atoms with Gasteiger partial charge in [-0.05, 0) is 61.1 Å². The minimum absolute atomic E-state index is 0.127. The molecule has 2 aromatic rings. The molecule has 0 aliphatic carbocycles. The van der Waals surface area contributed by atoms with E-state index in [1.165, 1.54) is 22.5 Å². The number of rotatable bonds is 8. The highest BCUT2D eigenvalue weighted by molar-refractivity contribution is 7.89. The lowest BCUT2D eigenvalue weighted by molar-refractivity contribution is -0.120. The third kappa shape index (κ3) is 5.72. The number of amides is 2. The number of hydrogen-bond donors (Lipinski definition) is 2. The molecule has 2 aliphatic heterocycles. The Morgan fingerprint density at radius 3 is 2.56 bits per heavy atom. The van der Waals surface area contributed by atoms with Crippen LogP contribution in [0.5, 0.6) is 0 Å². The Morgan fingerprint density at radius 2 is 1.85 bits per heavy atom. The quantitative estimate of drug-likeness (QED) is 0.562. The molecule has 0 bridgehead atoms. The molecule has 0 saturated carbocycles. The predicted octanol–water partition coefficient (Wildman–Crippen LogP) is 2.69. The normalized spacial score (nSPS) is 22.5. The second-order valence-corrected chi connectivity index (χ2v) is 10.5. The second-order valence-electron chi connectivity index (χ2n) is 8.58. The van der Waals surface area contributed by atoms with Gasteiger partial charge < -0.3 is 15.4 Å². The minimum atomic E-state index is -3.70. The van der Waals surface area contributed by atoms with Crippen molar-refractivity contribution in [3.8, 4) is 0 Å². The first kappa shape index (κ1) is 24.1. The molecule has 0 aromatic heterocycles. The average Bonchev–Trinajstić information content (AvgIpc) is 3.25. The maximum Gasteiger partial charge on any atom is 0.245 e. The van der Waals surface area contributed by atoms with Crippen molar-refractivity contribution >= 4 is 27.5 Å². The topological polar surface area (TPSA) is 105 Å². The minimum Gasteiger partial charge on any atom is -0.354 e. The van der Waals surface area contributed by atoms with Crippen molar-refractivity contribution in [2.45, 2.75) is 42.9 Å². The maximum absolute atomic E-state index is 13.2. The lowest BCUT2D eigenvalue weighted by Crippen LogP contribution is -2.45. The van der Waals surface area contributed by atoms with Gasteiger partial charge in [-0.25, -0.2) is 8.42 Å². The number of piperidine rings is 1. The number of nitrogens with one attached hydrogen (secondary N) is 2.